The van der Waals surface area contributed by atoms with E-state index in [9.17, 15) is 26.4 Å². The van der Waals surface area contributed by atoms with Crippen LogP contribution in [0.15, 0.2) is 53.2 Å². The Bertz CT molecular complexity index is 1520. The van der Waals surface area contributed by atoms with E-state index < -0.39 is 34.7 Å². The molecule has 3 aromatic rings. The molecule has 0 radical (unpaired) electrons. The maximum absolute atomic E-state index is 14.3. The highest BCUT2D eigenvalue weighted by atomic mass is 35.5. The summed E-state index contributed by atoms with van der Waals surface area (Å²) in [6.07, 6.45) is 2.46. The first kappa shape index (κ1) is 29.0. The smallest absolute Gasteiger partial charge is 0.262 e. The van der Waals surface area contributed by atoms with Crippen molar-refractivity contribution < 1.29 is 26.4 Å². The lowest BCUT2D eigenvalue weighted by molar-refractivity contribution is 0.0183. The van der Waals surface area contributed by atoms with Gasteiger partial charge in [-0.05, 0) is 48.7 Å². The van der Waals surface area contributed by atoms with Gasteiger partial charge in [0.15, 0.2) is 0 Å². The van der Waals surface area contributed by atoms with Crippen LogP contribution in [-0.4, -0.2) is 77.2 Å². The fourth-order valence-electron chi connectivity index (χ4n) is 4.85. The van der Waals surface area contributed by atoms with Crippen LogP contribution in [0, 0.1) is 0 Å². The zero-order valence-corrected chi connectivity index (χ0v) is 22.5. The Morgan fingerprint density at radius 1 is 1.13 bits per heavy atom. The van der Waals surface area contributed by atoms with Gasteiger partial charge in [0, 0.05) is 43.7 Å². The van der Waals surface area contributed by atoms with Crippen molar-refractivity contribution in [3.63, 3.8) is 0 Å². The fraction of sp³-hybridized carbons (Fsp3) is 0.400. The first-order chi connectivity index (χ1) is 18.1. The molecule has 0 aliphatic carbocycles. The molecule has 1 aromatic heterocycles. The van der Waals surface area contributed by atoms with Crippen molar-refractivity contribution in [2.24, 2.45) is 5.73 Å². The highest BCUT2D eigenvalue weighted by Gasteiger charge is 2.43. The van der Waals surface area contributed by atoms with Gasteiger partial charge in [0.2, 0.25) is 10.0 Å². The van der Waals surface area contributed by atoms with Gasteiger partial charge in [-0.3, -0.25) is 4.79 Å². The molecule has 2 saturated heterocycles. The second kappa shape index (κ2) is 11.2. The number of hydrogen-bond donors (Lipinski definition) is 1. The van der Waals surface area contributed by atoms with Crippen molar-refractivity contribution in [2.45, 2.75) is 36.6 Å². The Balaban J connectivity index is 0.00000353. The molecule has 39 heavy (non-hydrogen) atoms. The SMILES string of the molecule is Cl.NC/C=C(\F)Cn1nnc2c(-c3cccc(S(=O)(=O)N4CCC(F)(F)C4)c3)cc(C(=O)N3CCCC3)cc21. The van der Waals surface area contributed by atoms with Gasteiger partial charge in [-0.25, -0.2) is 26.3 Å². The Labute approximate surface area is 229 Å². The lowest BCUT2D eigenvalue weighted by Gasteiger charge is -2.18. The number of carbonyl (C=O) groups is 1. The molecule has 9 nitrogen and oxygen atoms in total. The van der Waals surface area contributed by atoms with E-state index in [0.29, 0.717) is 40.8 Å². The molecule has 0 saturated carbocycles. The third-order valence-corrected chi connectivity index (χ3v) is 8.66. The minimum Gasteiger partial charge on any atom is -0.339 e. The van der Waals surface area contributed by atoms with E-state index in [2.05, 4.69) is 10.3 Å². The number of hydrogen-bond acceptors (Lipinski definition) is 6. The van der Waals surface area contributed by atoms with Crippen LogP contribution < -0.4 is 5.73 Å². The largest absolute Gasteiger partial charge is 0.339 e. The number of halogens is 4. The monoisotopic (exact) mass is 584 g/mol. The molecular weight excluding hydrogens is 557 g/mol. The maximum atomic E-state index is 14.3. The number of aromatic nitrogens is 3. The van der Waals surface area contributed by atoms with Crippen LogP contribution in [0.2, 0.25) is 0 Å². The van der Waals surface area contributed by atoms with Gasteiger partial charge < -0.3 is 10.6 Å². The average Bonchev–Trinajstić information content (AvgIpc) is 3.64. The van der Waals surface area contributed by atoms with Gasteiger partial charge in [-0.2, -0.15) is 4.31 Å². The molecule has 0 bridgehead atoms. The van der Waals surface area contributed by atoms with Gasteiger partial charge in [-0.15, -0.1) is 17.5 Å². The molecule has 14 heteroatoms. The van der Waals surface area contributed by atoms with Crippen molar-refractivity contribution in [1.82, 2.24) is 24.2 Å². The molecule has 2 aromatic carbocycles. The summed E-state index contributed by atoms with van der Waals surface area (Å²) in [5.41, 5.74) is 7.29. The van der Waals surface area contributed by atoms with Gasteiger partial charge in [-0.1, -0.05) is 17.3 Å². The number of benzene rings is 2. The van der Waals surface area contributed by atoms with Crippen LogP contribution in [0.4, 0.5) is 13.2 Å². The minimum absolute atomic E-state index is 0. The summed E-state index contributed by atoms with van der Waals surface area (Å²) < 4.78 is 70.2. The zero-order chi connectivity index (χ0) is 27.1. The van der Waals surface area contributed by atoms with E-state index in [1.165, 1.54) is 29.0 Å². The summed E-state index contributed by atoms with van der Waals surface area (Å²) in [4.78, 5) is 14.9. The molecule has 2 fully saturated rings. The summed E-state index contributed by atoms with van der Waals surface area (Å²) in [6.45, 7) is -0.157. The zero-order valence-electron chi connectivity index (χ0n) is 20.9. The first-order valence-corrected chi connectivity index (χ1v) is 13.7. The van der Waals surface area contributed by atoms with Gasteiger partial charge in [0.1, 0.15) is 11.3 Å². The summed E-state index contributed by atoms with van der Waals surface area (Å²) in [7, 11) is -4.18. The number of rotatable bonds is 7. The van der Waals surface area contributed by atoms with Crippen molar-refractivity contribution in [1.29, 1.82) is 0 Å². The number of alkyl halides is 2. The third-order valence-electron chi connectivity index (χ3n) is 6.82. The van der Waals surface area contributed by atoms with Crippen LogP contribution in [0.5, 0.6) is 0 Å². The highest BCUT2D eigenvalue weighted by molar-refractivity contribution is 7.89. The molecule has 2 N–H and O–H groups in total. The van der Waals surface area contributed by atoms with E-state index >= 15 is 0 Å². The number of fused-ring (bicyclic) bond motifs is 1. The molecule has 5 rings (SSSR count). The van der Waals surface area contributed by atoms with E-state index in [-0.39, 0.29) is 42.8 Å². The van der Waals surface area contributed by atoms with Crippen LogP contribution in [0.1, 0.15) is 29.6 Å². The number of amides is 1. The number of carbonyl (C=O) groups excluding carboxylic acids is 1. The Morgan fingerprint density at radius 3 is 2.54 bits per heavy atom. The van der Waals surface area contributed by atoms with Crippen molar-refractivity contribution >= 4 is 39.4 Å². The quantitative estimate of drug-likeness (QED) is 0.454. The lowest BCUT2D eigenvalue weighted by Crippen LogP contribution is -2.31. The molecule has 210 valence electrons. The molecule has 0 unspecified atom stereocenters. The van der Waals surface area contributed by atoms with Crippen LogP contribution in [0.3, 0.4) is 0 Å². The minimum atomic E-state index is -4.18. The molecule has 0 spiro atoms. The Kier molecular flexibility index (Phi) is 8.36. The van der Waals surface area contributed by atoms with E-state index in [4.69, 9.17) is 5.73 Å². The third kappa shape index (κ3) is 5.81. The molecule has 2 aliphatic rings. The van der Waals surface area contributed by atoms with Crippen molar-refractivity contribution in [3.8, 4) is 11.1 Å². The number of sulfonamides is 1. The number of allylic oxidation sites excluding steroid dienone is 1. The van der Waals surface area contributed by atoms with Crippen LogP contribution >= 0.6 is 12.4 Å². The summed E-state index contributed by atoms with van der Waals surface area (Å²) in [5, 5.41) is 8.26. The Morgan fingerprint density at radius 2 is 1.87 bits per heavy atom. The standard InChI is InChI=1S/C25H27F3N6O3S.ClH/c26-19(6-8-29)15-34-22-14-18(24(35)32-9-1-2-10-32)13-21(23(22)30-31-34)17-4-3-5-20(12-17)38(36,37)33-11-7-25(27,28)16-33;/h3-6,12-14H,1-2,7-11,15-16,29H2;1H/b19-6-;. The maximum Gasteiger partial charge on any atom is 0.262 e. The first-order valence-electron chi connectivity index (χ1n) is 12.3. The predicted molar refractivity (Wildman–Crippen MR) is 142 cm³/mol. The summed E-state index contributed by atoms with van der Waals surface area (Å²) in [6, 6.07) is 9.08. The highest BCUT2D eigenvalue weighted by Crippen LogP contribution is 2.34. The predicted octanol–water partition coefficient (Wildman–Crippen LogP) is 3.60. The van der Waals surface area contributed by atoms with Gasteiger partial charge in [0.25, 0.3) is 11.8 Å². The number of nitrogens with zero attached hydrogens (tertiary/aromatic N) is 5. The van der Waals surface area contributed by atoms with Crippen molar-refractivity contribution in [2.75, 3.05) is 32.7 Å². The second-order valence-corrected chi connectivity index (χ2v) is 11.4. The normalized spacial score (nSPS) is 18.1. The van der Waals surface area contributed by atoms with Gasteiger partial charge >= 0.3 is 0 Å². The molecule has 2 aliphatic heterocycles. The molecular formula is C25H28ClF3N6O3S. The van der Waals surface area contributed by atoms with Gasteiger partial charge in [0.05, 0.1) is 23.5 Å². The van der Waals surface area contributed by atoms with E-state index in [0.717, 1.165) is 17.1 Å². The van der Waals surface area contributed by atoms with Crippen LogP contribution in [-0.2, 0) is 16.6 Å². The summed E-state index contributed by atoms with van der Waals surface area (Å²) >= 11 is 0. The molecule has 0 atom stereocenters. The molecule has 3 heterocycles. The van der Waals surface area contributed by atoms with E-state index in [1.807, 2.05) is 0 Å². The number of likely N-dealkylation sites (tertiary alicyclic amines) is 1. The van der Waals surface area contributed by atoms with Crippen molar-refractivity contribution in [3.05, 3.63) is 53.9 Å². The van der Waals surface area contributed by atoms with E-state index in [1.54, 1.807) is 23.1 Å². The fourth-order valence-corrected chi connectivity index (χ4v) is 6.36. The second-order valence-electron chi connectivity index (χ2n) is 9.50. The van der Waals surface area contributed by atoms with Crippen LogP contribution in [0.25, 0.3) is 22.2 Å². The lowest BCUT2D eigenvalue weighted by atomic mass is 10.0. The molecule has 1 amide bonds. The topological polar surface area (TPSA) is 114 Å². The summed E-state index contributed by atoms with van der Waals surface area (Å²) in [5.74, 6) is -3.81. The Hall–Kier alpha value is -3.00. The average molecular weight is 585 g/mol. The number of nitrogens with two attached hydrogens (primary N) is 1.